The third kappa shape index (κ3) is 12.1. The van der Waals surface area contributed by atoms with E-state index in [9.17, 15) is 19.2 Å². The fourth-order valence-corrected chi connectivity index (χ4v) is 7.54. The molecule has 0 spiro atoms. The van der Waals surface area contributed by atoms with E-state index in [-0.39, 0.29) is 52.6 Å². The lowest BCUT2D eigenvalue weighted by molar-refractivity contribution is 0.0659. The molecule has 352 valence electrons. The SMILES string of the molecule is Nc1cn(C2CCOCC2)nc1C(=O)CCCCCOc1cc(-c2nc(C(=O)O)co2)ccn1.O=C1Nc2cn(C3CCOCC3)nc2C(=O)NCCCCOc2cc(ccn2)-c2nc1co2. The molecule has 22 nitrogen and oxygen atoms in total. The first-order valence-electron chi connectivity index (χ1n) is 22.2. The Bertz CT molecular complexity index is 2640. The lowest BCUT2D eigenvalue weighted by atomic mass is 10.1. The van der Waals surface area contributed by atoms with E-state index in [0.29, 0.717) is 99.0 Å². The summed E-state index contributed by atoms with van der Waals surface area (Å²) in [6, 6.07) is 7.07. The number of nitrogen functional groups attached to an aromatic ring is 1. The molecule has 67 heavy (non-hydrogen) atoms. The van der Waals surface area contributed by atoms with E-state index in [0.717, 1.165) is 57.6 Å². The summed E-state index contributed by atoms with van der Waals surface area (Å²) < 4.78 is 36.4. The maximum atomic E-state index is 12.9. The van der Waals surface area contributed by atoms with Crippen molar-refractivity contribution in [2.24, 2.45) is 0 Å². The molecule has 22 heteroatoms. The number of anilines is 2. The minimum absolute atomic E-state index is 0.0507. The Hall–Kier alpha value is -7.46. The van der Waals surface area contributed by atoms with Crippen LogP contribution >= 0.6 is 0 Å². The number of rotatable bonds is 12. The highest BCUT2D eigenvalue weighted by Crippen LogP contribution is 2.28. The molecule has 3 aliphatic heterocycles. The molecule has 4 bridgehead atoms. The van der Waals surface area contributed by atoms with Gasteiger partial charge in [0.1, 0.15) is 12.5 Å². The molecule has 2 amide bonds. The van der Waals surface area contributed by atoms with E-state index < -0.39 is 11.9 Å². The van der Waals surface area contributed by atoms with Crippen molar-refractivity contribution >= 4 is 34.9 Å². The second-order valence-corrected chi connectivity index (χ2v) is 16.0. The normalized spacial score (nSPS) is 16.1. The van der Waals surface area contributed by atoms with Crippen LogP contribution in [0.1, 0.15) is 118 Å². The van der Waals surface area contributed by atoms with Crippen molar-refractivity contribution in [1.29, 1.82) is 0 Å². The first-order valence-corrected chi connectivity index (χ1v) is 22.2. The van der Waals surface area contributed by atoms with E-state index in [1.165, 1.54) is 12.5 Å². The van der Waals surface area contributed by atoms with Crippen LogP contribution < -0.4 is 25.8 Å². The Morgan fingerprint density at radius 1 is 0.806 bits per heavy atom. The van der Waals surface area contributed by atoms with Crippen LogP contribution in [-0.4, -0.2) is 114 Å². The van der Waals surface area contributed by atoms with Crippen LogP contribution in [0, 0.1) is 0 Å². The van der Waals surface area contributed by atoms with Gasteiger partial charge in [-0.3, -0.25) is 23.7 Å². The minimum Gasteiger partial charge on any atom is -0.478 e. The number of carbonyl (C=O) groups is 4. The number of aromatic nitrogens is 8. The van der Waals surface area contributed by atoms with Gasteiger partial charge in [-0.15, -0.1) is 0 Å². The molecule has 3 aliphatic rings. The number of aromatic carboxylic acids is 1. The number of amides is 2. The Morgan fingerprint density at radius 2 is 1.51 bits per heavy atom. The second-order valence-electron chi connectivity index (χ2n) is 16.0. The predicted octanol–water partition coefficient (Wildman–Crippen LogP) is 5.83. The van der Waals surface area contributed by atoms with Crippen LogP contribution in [0.2, 0.25) is 0 Å². The highest BCUT2D eigenvalue weighted by Gasteiger charge is 2.26. The van der Waals surface area contributed by atoms with Crippen molar-refractivity contribution in [2.75, 3.05) is 57.2 Å². The topological polar surface area (TPSA) is 289 Å². The summed E-state index contributed by atoms with van der Waals surface area (Å²) in [7, 11) is 0. The van der Waals surface area contributed by atoms with E-state index in [1.54, 1.807) is 52.2 Å². The van der Waals surface area contributed by atoms with Crippen molar-refractivity contribution < 1.29 is 52.1 Å². The first-order chi connectivity index (χ1) is 32.7. The molecule has 2 fully saturated rings. The number of nitrogens with two attached hydrogens (primary N) is 1. The molecule has 0 aromatic carbocycles. The van der Waals surface area contributed by atoms with Gasteiger partial charge in [0.05, 0.1) is 36.7 Å². The predicted molar refractivity (Wildman–Crippen MR) is 237 cm³/mol. The molecule has 0 atom stereocenters. The molecule has 0 unspecified atom stereocenters. The van der Waals surface area contributed by atoms with Crippen LogP contribution in [0.25, 0.3) is 22.9 Å². The molecule has 0 aliphatic carbocycles. The van der Waals surface area contributed by atoms with Gasteiger partial charge in [-0.1, -0.05) is 0 Å². The number of ketones is 1. The molecule has 6 aromatic heterocycles. The van der Waals surface area contributed by atoms with E-state index in [1.807, 2.05) is 0 Å². The van der Waals surface area contributed by atoms with Gasteiger partial charge in [0.25, 0.3) is 11.8 Å². The standard InChI is InChI=1S/C23H27N5O6.C22H24N6O5/c24-17-13-28(16-6-10-32-11-7-16)27-21(17)19(29)4-2-1-3-9-33-20-12-15(5-8-25-20)22-26-18(14-34-22)23(30)31;29-20-17-13-33-22(26-17)14-3-7-23-18(11-14)32-8-2-1-6-24-21(30)19-16(25-20)12-28(27-19)15-4-9-31-10-5-15/h5,8,12-14,16H,1-4,6-7,9-11,24H2,(H,30,31);3,7,11-13,15H,1-2,4-6,8-10H2,(H,24,30)(H,25,29). The maximum Gasteiger partial charge on any atom is 0.357 e. The zero-order chi connectivity index (χ0) is 46.5. The maximum absolute atomic E-state index is 12.9. The van der Waals surface area contributed by atoms with Gasteiger partial charge in [0.15, 0.2) is 28.6 Å². The van der Waals surface area contributed by atoms with Crippen molar-refractivity contribution in [3.05, 3.63) is 84.4 Å². The summed E-state index contributed by atoms with van der Waals surface area (Å²) in [6.07, 6.45) is 16.3. The monoisotopic (exact) mass is 921 g/mol. The average molecular weight is 922 g/mol. The van der Waals surface area contributed by atoms with E-state index in [2.05, 4.69) is 40.8 Å². The fraction of sp³-hybridized carbons (Fsp3) is 0.422. The summed E-state index contributed by atoms with van der Waals surface area (Å²) in [4.78, 5) is 65.8. The molecule has 9 rings (SSSR count). The third-order valence-corrected chi connectivity index (χ3v) is 11.2. The van der Waals surface area contributed by atoms with Crippen LogP contribution in [0.5, 0.6) is 11.8 Å². The van der Waals surface area contributed by atoms with Gasteiger partial charge < -0.3 is 49.3 Å². The van der Waals surface area contributed by atoms with Gasteiger partial charge in [-0.05, 0) is 69.9 Å². The summed E-state index contributed by atoms with van der Waals surface area (Å²) in [5, 5.41) is 23.5. The van der Waals surface area contributed by atoms with Crippen LogP contribution in [0.15, 0.2) is 70.4 Å². The smallest absolute Gasteiger partial charge is 0.357 e. The van der Waals surface area contributed by atoms with Crippen LogP contribution in [0.3, 0.4) is 0 Å². The highest BCUT2D eigenvalue weighted by molar-refractivity contribution is 6.07. The summed E-state index contributed by atoms with van der Waals surface area (Å²) >= 11 is 0. The number of carbonyl (C=O) groups excluding carboxylic acids is 3. The van der Waals surface area contributed by atoms with Crippen molar-refractivity contribution in [3.63, 3.8) is 0 Å². The van der Waals surface area contributed by atoms with Crippen molar-refractivity contribution in [3.8, 4) is 34.7 Å². The van der Waals surface area contributed by atoms with E-state index in [4.69, 9.17) is 38.6 Å². The Balaban J connectivity index is 0.000000182. The zero-order valence-corrected chi connectivity index (χ0v) is 36.6. The lowest BCUT2D eigenvalue weighted by Gasteiger charge is -2.22. The number of Topliss-reactive ketones (excluding diaryl/α,β-unsaturated/α-hetero) is 1. The van der Waals surface area contributed by atoms with Gasteiger partial charge in [-0.2, -0.15) is 10.2 Å². The van der Waals surface area contributed by atoms with Crippen LogP contribution in [0.4, 0.5) is 11.4 Å². The number of ether oxygens (including phenoxy) is 4. The summed E-state index contributed by atoms with van der Waals surface area (Å²) in [5.41, 5.74) is 8.43. The van der Waals surface area contributed by atoms with Gasteiger partial charge in [0.2, 0.25) is 23.5 Å². The van der Waals surface area contributed by atoms with E-state index >= 15 is 0 Å². The minimum atomic E-state index is -1.16. The number of hydrogen-bond donors (Lipinski definition) is 4. The zero-order valence-electron chi connectivity index (χ0n) is 36.6. The van der Waals surface area contributed by atoms with Gasteiger partial charge in [0, 0.05) is 87.4 Å². The number of nitrogens with one attached hydrogen (secondary N) is 2. The summed E-state index contributed by atoms with van der Waals surface area (Å²) in [6.45, 7) is 3.99. The third-order valence-electron chi connectivity index (χ3n) is 11.2. The van der Waals surface area contributed by atoms with Crippen molar-refractivity contribution in [2.45, 2.75) is 76.3 Å². The Kier molecular flexibility index (Phi) is 15.2. The Labute approximate surface area is 383 Å². The number of carboxylic acids is 1. The van der Waals surface area contributed by atoms with Gasteiger partial charge >= 0.3 is 5.97 Å². The second kappa shape index (κ2) is 22.2. The number of nitrogens with zero attached hydrogens (tertiary/aromatic N) is 8. The molecule has 5 N–H and O–H groups in total. The number of carboxylic acid groups (broad SMARTS) is 1. The number of hydrogen-bond acceptors (Lipinski definition) is 17. The van der Waals surface area contributed by atoms with Crippen LogP contribution in [-0.2, 0) is 9.47 Å². The molecule has 0 saturated carbocycles. The van der Waals surface area contributed by atoms with Crippen molar-refractivity contribution in [1.82, 2.24) is 44.8 Å². The number of pyridine rings is 2. The highest BCUT2D eigenvalue weighted by atomic mass is 16.5. The molecular weight excluding hydrogens is 871 g/mol. The number of oxazole rings is 2. The molecular formula is C45H51N11O11. The number of fused-ring (bicyclic) bond motifs is 6. The number of unbranched alkanes of at least 4 members (excludes halogenated alkanes) is 2. The molecule has 2 saturated heterocycles. The first kappa shape index (κ1) is 46.1. The lowest BCUT2D eigenvalue weighted by Crippen LogP contribution is -2.27. The quantitative estimate of drug-likeness (QED) is 0.0830. The Morgan fingerprint density at radius 3 is 2.25 bits per heavy atom. The molecule has 0 radical (unpaired) electrons. The largest absolute Gasteiger partial charge is 0.478 e. The molecule has 6 aromatic rings. The van der Waals surface area contributed by atoms with Gasteiger partial charge in [-0.25, -0.2) is 24.7 Å². The average Bonchev–Trinajstić information content (AvgIpc) is 4.19. The fourth-order valence-electron chi connectivity index (χ4n) is 7.54. The summed E-state index contributed by atoms with van der Waals surface area (Å²) in [5.74, 6) is -0.785. The molecule has 9 heterocycles.